The fourth-order valence-corrected chi connectivity index (χ4v) is 3.82. The van der Waals surface area contributed by atoms with Gasteiger partial charge in [0.05, 0.1) is 0 Å². The normalized spacial score (nSPS) is 18.0. The Kier molecular flexibility index (Phi) is 5.36. The summed E-state index contributed by atoms with van der Waals surface area (Å²) in [5.74, 6) is 0.0774. The van der Waals surface area contributed by atoms with Gasteiger partial charge in [-0.25, -0.2) is 0 Å². The van der Waals surface area contributed by atoms with E-state index in [-0.39, 0.29) is 17.2 Å². The maximum absolute atomic E-state index is 12.6. The molecular weight excluding hydrogens is 304 g/mol. The Hall–Kier alpha value is -1.78. The molecule has 0 bridgehead atoms. The van der Waals surface area contributed by atoms with Crippen LogP contribution < -0.4 is 10.6 Å². The molecule has 3 rings (SSSR count). The number of fused-ring (bicyclic) bond motifs is 1. The van der Waals surface area contributed by atoms with Crippen LogP contribution in [0.5, 0.6) is 0 Å². The van der Waals surface area contributed by atoms with Crippen molar-refractivity contribution in [3.8, 4) is 0 Å². The van der Waals surface area contributed by atoms with Gasteiger partial charge in [-0.05, 0) is 35.9 Å². The molecule has 2 aromatic carbocycles. The lowest BCUT2D eigenvalue weighted by atomic mass is 9.94. The minimum atomic E-state index is -0.157. The van der Waals surface area contributed by atoms with Gasteiger partial charge in [-0.15, -0.1) is 11.8 Å². The second-order valence-corrected chi connectivity index (χ2v) is 6.67. The molecule has 1 heterocycles. The van der Waals surface area contributed by atoms with Crippen LogP contribution in [0.1, 0.15) is 28.0 Å². The van der Waals surface area contributed by atoms with Gasteiger partial charge in [0.1, 0.15) is 5.25 Å². The van der Waals surface area contributed by atoms with E-state index in [0.717, 1.165) is 18.5 Å². The van der Waals surface area contributed by atoms with Crippen molar-refractivity contribution in [2.45, 2.75) is 17.7 Å². The molecule has 1 amide bonds. The van der Waals surface area contributed by atoms with Gasteiger partial charge in [0.15, 0.2) is 0 Å². The lowest BCUT2D eigenvalue weighted by Crippen LogP contribution is -2.40. The average molecular weight is 326 g/mol. The molecule has 2 atom stereocenters. The van der Waals surface area contributed by atoms with E-state index in [9.17, 15) is 4.79 Å². The number of hydrogen-bond donors (Lipinski definition) is 2. The van der Waals surface area contributed by atoms with Crippen LogP contribution in [-0.2, 0) is 11.2 Å². The second-order valence-electron chi connectivity index (χ2n) is 5.73. The summed E-state index contributed by atoms with van der Waals surface area (Å²) >= 11 is 1.57. The number of amides is 1. The zero-order valence-electron chi connectivity index (χ0n) is 13.3. The molecule has 120 valence electrons. The Labute approximate surface area is 141 Å². The van der Waals surface area contributed by atoms with Gasteiger partial charge < -0.3 is 10.6 Å². The van der Waals surface area contributed by atoms with E-state index < -0.39 is 0 Å². The van der Waals surface area contributed by atoms with Crippen molar-refractivity contribution in [3.05, 3.63) is 71.3 Å². The Balaban J connectivity index is 1.65. The lowest BCUT2D eigenvalue weighted by Gasteiger charge is -2.27. The standard InChI is InChI=1S/C19H22N2OS/c1-23-18(15-8-3-2-4-9-15)19(22)21-13-17-16-10-6-5-7-14(16)11-12-20-17/h2-10,17-18,20H,11-13H2,1H3,(H,21,22). The molecule has 0 saturated heterocycles. The van der Waals surface area contributed by atoms with Crippen LogP contribution in [0.3, 0.4) is 0 Å². The molecule has 0 spiro atoms. The fraction of sp³-hybridized carbons (Fsp3) is 0.316. The molecule has 3 nitrogen and oxygen atoms in total. The Bertz CT molecular complexity index is 659. The monoisotopic (exact) mass is 326 g/mol. The van der Waals surface area contributed by atoms with Gasteiger partial charge in [-0.2, -0.15) is 0 Å². The molecule has 0 aliphatic carbocycles. The summed E-state index contributed by atoms with van der Waals surface area (Å²) in [4.78, 5) is 12.6. The van der Waals surface area contributed by atoms with Gasteiger partial charge in [-0.1, -0.05) is 54.6 Å². The molecule has 0 saturated carbocycles. The SMILES string of the molecule is CSC(C(=O)NCC1NCCc2ccccc21)c1ccccc1. The first-order valence-electron chi connectivity index (χ1n) is 7.96. The van der Waals surface area contributed by atoms with Crippen LogP contribution in [0.15, 0.2) is 54.6 Å². The summed E-state index contributed by atoms with van der Waals surface area (Å²) < 4.78 is 0. The maximum Gasteiger partial charge on any atom is 0.237 e. The molecular formula is C19H22N2OS. The number of carbonyl (C=O) groups is 1. The third-order valence-corrected chi connectivity index (χ3v) is 5.23. The van der Waals surface area contributed by atoms with Crippen LogP contribution in [-0.4, -0.2) is 25.3 Å². The highest BCUT2D eigenvalue weighted by Crippen LogP contribution is 2.27. The molecule has 1 aliphatic rings. The summed E-state index contributed by atoms with van der Waals surface area (Å²) in [5.41, 5.74) is 3.74. The number of carbonyl (C=O) groups excluding carboxylic acids is 1. The zero-order valence-corrected chi connectivity index (χ0v) is 14.1. The second kappa shape index (κ2) is 7.66. The smallest absolute Gasteiger partial charge is 0.237 e. The lowest BCUT2D eigenvalue weighted by molar-refractivity contribution is -0.120. The number of hydrogen-bond acceptors (Lipinski definition) is 3. The van der Waals surface area contributed by atoms with Gasteiger partial charge in [0.2, 0.25) is 5.91 Å². The Morgan fingerprint density at radius 1 is 1.22 bits per heavy atom. The summed E-state index contributed by atoms with van der Waals surface area (Å²) in [5, 5.41) is 6.47. The molecule has 0 fully saturated rings. The van der Waals surface area contributed by atoms with Gasteiger partial charge >= 0.3 is 0 Å². The van der Waals surface area contributed by atoms with E-state index in [1.165, 1.54) is 11.1 Å². The summed E-state index contributed by atoms with van der Waals surface area (Å²) in [6.45, 7) is 1.59. The largest absolute Gasteiger partial charge is 0.353 e. The third kappa shape index (κ3) is 3.77. The van der Waals surface area contributed by atoms with Crippen LogP contribution in [0.2, 0.25) is 0 Å². The summed E-state index contributed by atoms with van der Waals surface area (Å²) in [6, 6.07) is 18.6. The summed E-state index contributed by atoms with van der Waals surface area (Å²) in [6.07, 6.45) is 3.03. The highest BCUT2D eigenvalue weighted by atomic mass is 32.2. The minimum Gasteiger partial charge on any atom is -0.353 e. The number of thioether (sulfide) groups is 1. The zero-order chi connectivity index (χ0) is 16.1. The van der Waals surface area contributed by atoms with E-state index in [1.54, 1.807) is 11.8 Å². The first-order valence-corrected chi connectivity index (χ1v) is 9.25. The van der Waals surface area contributed by atoms with Crippen molar-refractivity contribution < 1.29 is 4.79 Å². The van der Waals surface area contributed by atoms with Crippen molar-refractivity contribution in [2.24, 2.45) is 0 Å². The third-order valence-electron chi connectivity index (χ3n) is 4.27. The van der Waals surface area contributed by atoms with E-state index in [1.807, 2.05) is 36.6 Å². The van der Waals surface area contributed by atoms with Crippen LogP contribution in [0.4, 0.5) is 0 Å². The highest BCUT2D eigenvalue weighted by Gasteiger charge is 2.23. The topological polar surface area (TPSA) is 41.1 Å². The Morgan fingerprint density at radius 2 is 1.96 bits per heavy atom. The van der Waals surface area contributed by atoms with E-state index in [0.29, 0.717) is 6.54 Å². The quantitative estimate of drug-likeness (QED) is 0.887. The van der Waals surface area contributed by atoms with Gasteiger partial charge in [0.25, 0.3) is 0 Å². The number of rotatable bonds is 5. The van der Waals surface area contributed by atoms with E-state index in [4.69, 9.17) is 0 Å². The minimum absolute atomic E-state index is 0.0774. The van der Waals surface area contributed by atoms with Crippen molar-refractivity contribution in [1.29, 1.82) is 0 Å². The molecule has 0 aromatic heterocycles. The predicted octanol–water partition coefficient (Wildman–Crippen LogP) is 3.09. The number of benzene rings is 2. The van der Waals surface area contributed by atoms with Crippen molar-refractivity contribution in [2.75, 3.05) is 19.3 Å². The highest BCUT2D eigenvalue weighted by molar-refractivity contribution is 7.99. The van der Waals surface area contributed by atoms with Gasteiger partial charge in [-0.3, -0.25) is 4.79 Å². The van der Waals surface area contributed by atoms with Crippen molar-refractivity contribution in [3.63, 3.8) is 0 Å². The fourth-order valence-electron chi connectivity index (χ4n) is 3.09. The number of nitrogens with one attached hydrogen (secondary N) is 2. The van der Waals surface area contributed by atoms with E-state index >= 15 is 0 Å². The first-order chi connectivity index (χ1) is 11.3. The predicted molar refractivity (Wildman–Crippen MR) is 96.6 cm³/mol. The average Bonchev–Trinajstić information content (AvgIpc) is 2.61. The molecule has 1 aliphatic heterocycles. The first kappa shape index (κ1) is 16.1. The van der Waals surface area contributed by atoms with Gasteiger partial charge in [0, 0.05) is 12.6 Å². The molecule has 0 radical (unpaired) electrons. The Morgan fingerprint density at radius 3 is 2.74 bits per heavy atom. The van der Waals surface area contributed by atoms with E-state index in [2.05, 4.69) is 34.9 Å². The van der Waals surface area contributed by atoms with Crippen LogP contribution in [0.25, 0.3) is 0 Å². The molecule has 2 unspecified atom stereocenters. The summed E-state index contributed by atoms with van der Waals surface area (Å²) in [7, 11) is 0. The van der Waals surface area contributed by atoms with Crippen LogP contribution >= 0.6 is 11.8 Å². The molecule has 4 heteroatoms. The van der Waals surface area contributed by atoms with Crippen molar-refractivity contribution in [1.82, 2.24) is 10.6 Å². The molecule has 23 heavy (non-hydrogen) atoms. The maximum atomic E-state index is 12.6. The molecule has 2 N–H and O–H groups in total. The molecule has 2 aromatic rings. The van der Waals surface area contributed by atoms with Crippen LogP contribution in [0, 0.1) is 0 Å². The van der Waals surface area contributed by atoms with Crippen molar-refractivity contribution >= 4 is 17.7 Å².